The highest BCUT2D eigenvalue weighted by Crippen LogP contribution is 2.34. The molecule has 1 aromatic heterocycles. The molecule has 7 heteroatoms. The molecule has 1 aromatic carbocycles. The van der Waals surface area contributed by atoms with Gasteiger partial charge >= 0.3 is 0 Å². The molecule has 2 aromatic rings. The van der Waals surface area contributed by atoms with Crippen molar-refractivity contribution in [1.82, 2.24) is 9.97 Å². The van der Waals surface area contributed by atoms with Crippen LogP contribution in [0.25, 0.3) is 11.1 Å². The molecule has 0 radical (unpaired) electrons. The van der Waals surface area contributed by atoms with Gasteiger partial charge in [-0.3, -0.25) is 0 Å². The summed E-state index contributed by atoms with van der Waals surface area (Å²) in [6.07, 6.45) is -0.393. The summed E-state index contributed by atoms with van der Waals surface area (Å²) < 4.78 is 24.1. The Balaban J connectivity index is 2.00. The zero-order valence-electron chi connectivity index (χ0n) is 10.9. The van der Waals surface area contributed by atoms with Crippen molar-refractivity contribution in [3.8, 4) is 11.1 Å². The van der Waals surface area contributed by atoms with Gasteiger partial charge in [0.1, 0.15) is 22.2 Å². The molecule has 4 nitrogen and oxygen atoms in total. The Labute approximate surface area is 130 Å². The van der Waals surface area contributed by atoms with E-state index in [9.17, 15) is 4.39 Å². The van der Waals surface area contributed by atoms with E-state index < -0.39 is 6.10 Å². The Morgan fingerprint density at radius 3 is 2.52 bits per heavy atom. The van der Waals surface area contributed by atoms with Crippen molar-refractivity contribution in [3.05, 3.63) is 46.2 Å². The Bertz CT molecular complexity index is 640. The van der Waals surface area contributed by atoms with Crippen LogP contribution in [0.15, 0.2) is 24.3 Å². The lowest BCUT2D eigenvalue weighted by Crippen LogP contribution is -2.23. The van der Waals surface area contributed by atoms with Gasteiger partial charge in [-0.15, -0.1) is 0 Å². The summed E-state index contributed by atoms with van der Waals surface area (Å²) in [5, 5.41) is 0.314. The molecule has 1 fully saturated rings. The molecule has 110 valence electrons. The van der Waals surface area contributed by atoms with Gasteiger partial charge in [-0.25, -0.2) is 14.4 Å². The van der Waals surface area contributed by atoms with E-state index in [1.807, 2.05) is 0 Å². The Hall–Kier alpha value is -1.27. The first kappa shape index (κ1) is 14.7. The second kappa shape index (κ2) is 6.23. The van der Waals surface area contributed by atoms with Crippen molar-refractivity contribution in [2.75, 3.05) is 19.8 Å². The van der Waals surface area contributed by atoms with E-state index in [1.165, 1.54) is 12.1 Å². The van der Waals surface area contributed by atoms with E-state index in [0.717, 1.165) is 0 Å². The fraction of sp³-hybridized carbons (Fsp3) is 0.286. The fourth-order valence-electron chi connectivity index (χ4n) is 2.09. The normalized spacial score (nSPS) is 18.7. The van der Waals surface area contributed by atoms with Crippen LogP contribution < -0.4 is 0 Å². The summed E-state index contributed by atoms with van der Waals surface area (Å²) in [6.45, 7) is 1.36. The van der Waals surface area contributed by atoms with E-state index in [4.69, 9.17) is 32.7 Å². The monoisotopic (exact) mass is 328 g/mol. The standard InChI is InChI=1S/C14H11Cl2FN2O2/c15-12-11(8-2-1-3-9(17)6-8)13(16)19-14(18-12)10-7-20-4-5-21-10/h1-3,6,10H,4-5,7H2. The van der Waals surface area contributed by atoms with Crippen LogP contribution in [0.5, 0.6) is 0 Å². The highest BCUT2D eigenvalue weighted by Gasteiger charge is 2.23. The minimum atomic E-state index is -0.393. The van der Waals surface area contributed by atoms with Gasteiger partial charge in [0.05, 0.1) is 25.4 Å². The van der Waals surface area contributed by atoms with Crippen LogP contribution in [0.1, 0.15) is 11.9 Å². The largest absolute Gasteiger partial charge is 0.376 e. The van der Waals surface area contributed by atoms with Crippen LogP contribution in [0.3, 0.4) is 0 Å². The predicted octanol–water partition coefficient (Wildman–Crippen LogP) is 3.68. The van der Waals surface area contributed by atoms with E-state index in [-0.39, 0.29) is 16.1 Å². The summed E-state index contributed by atoms with van der Waals surface area (Å²) in [5.41, 5.74) is 0.927. The molecule has 1 aliphatic rings. The molecule has 3 rings (SSSR count). The van der Waals surface area contributed by atoms with Gasteiger partial charge in [0.15, 0.2) is 5.82 Å². The number of nitrogens with zero attached hydrogens (tertiary/aromatic N) is 2. The smallest absolute Gasteiger partial charge is 0.162 e. The molecule has 2 heterocycles. The molecule has 0 N–H and O–H groups in total. The van der Waals surface area contributed by atoms with Crippen LogP contribution in [-0.2, 0) is 9.47 Å². The minimum absolute atomic E-state index is 0.157. The Morgan fingerprint density at radius 1 is 1.14 bits per heavy atom. The lowest BCUT2D eigenvalue weighted by molar-refractivity contribution is -0.0935. The van der Waals surface area contributed by atoms with Crippen molar-refractivity contribution < 1.29 is 13.9 Å². The SMILES string of the molecule is Fc1cccc(-c2c(Cl)nc(C3COCCO3)nc2Cl)c1. The number of aromatic nitrogens is 2. The van der Waals surface area contributed by atoms with E-state index in [1.54, 1.807) is 12.1 Å². The topological polar surface area (TPSA) is 44.2 Å². The number of halogens is 3. The first-order valence-electron chi connectivity index (χ1n) is 6.33. The molecule has 1 saturated heterocycles. The third-order valence-electron chi connectivity index (χ3n) is 3.06. The zero-order valence-corrected chi connectivity index (χ0v) is 12.4. The second-order valence-corrected chi connectivity index (χ2v) is 5.20. The second-order valence-electron chi connectivity index (χ2n) is 4.48. The fourth-order valence-corrected chi connectivity index (χ4v) is 2.70. The number of hydrogen-bond donors (Lipinski definition) is 0. The van der Waals surface area contributed by atoms with Gasteiger partial charge in [-0.1, -0.05) is 35.3 Å². The lowest BCUT2D eigenvalue weighted by atomic mass is 10.1. The molecule has 1 aliphatic heterocycles. The number of rotatable bonds is 2. The molecule has 1 unspecified atom stereocenters. The number of benzene rings is 1. The van der Waals surface area contributed by atoms with Crippen molar-refractivity contribution in [1.29, 1.82) is 0 Å². The summed E-state index contributed by atoms with van der Waals surface area (Å²) in [4.78, 5) is 8.41. The summed E-state index contributed by atoms with van der Waals surface area (Å²) in [6, 6.07) is 5.94. The zero-order chi connectivity index (χ0) is 14.8. The summed E-state index contributed by atoms with van der Waals surface area (Å²) in [7, 11) is 0. The summed E-state index contributed by atoms with van der Waals surface area (Å²) in [5.74, 6) is -0.0161. The Kier molecular flexibility index (Phi) is 4.35. The molecule has 0 spiro atoms. The molecular formula is C14H11Cl2FN2O2. The van der Waals surface area contributed by atoms with Crippen molar-refractivity contribution >= 4 is 23.2 Å². The van der Waals surface area contributed by atoms with Crippen molar-refractivity contribution in [3.63, 3.8) is 0 Å². The van der Waals surface area contributed by atoms with Crippen LogP contribution in [0, 0.1) is 5.82 Å². The molecule has 0 bridgehead atoms. The predicted molar refractivity (Wildman–Crippen MR) is 77.0 cm³/mol. The average Bonchev–Trinajstić information content (AvgIpc) is 2.47. The van der Waals surface area contributed by atoms with Crippen LogP contribution in [-0.4, -0.2) is 29.8 Å². The quantitative estimate of drug-likeness (QED) is 0.789. The van der Waals surface area contributed by atoms with Gasteiger partial charge in [-0.05, 0) is 17.7 Å². The van der Waals surface area contributed by atoms with Gasteiger partial charge in [0.25, 0.3) is 0 Å². The summed E-state index contributed by atoms with van der Waals surface area (Å²) >= 11 is 12.4. The maximum absolute atomic E-state index is 13.3. The van der Waals surface area contributed by atoms with Crippen molar-refractivity contribution in [2.24, 2.45) is 0 Å². The first-order chi connectivity index (χ1) is 10.1. The third kappa shape index (κ3) is 3.16. The van der Waals surface area contributed by atoms with Gasteiger partial charge in [0.2, 0.25) is 0 Å². The molecule has 0 amide bonds. The highest BCUT2D eigenvalue weighted by molar-refractivity contribution is 6.37. The third-order valence-corrected chi connectivity index (χ3v) is 3.60. The van der Waals surface area contributed by atoms with E-state index >= 15 is 0 Å². The van der Waals surface area contributed by atoms with Gasteiger partial charge < -0.3 is 9.47 Å². The maximum atomic E-state index is 13.3. The van der Waals surface area contributed by atoms with E-state index in [2.05, 4.69) is 9.97 Å². The molecular weight excluding hydrogens is 318 g/mol. The minimum Gasteiger partial charge on any atom is -0.376 e. The average molecular weight is 329 g/mol. The molecule has 0 saturated carbocycles. The number of ether oxygens (including phenoxy) is 2. The first-order valence-corrected chi connectivity index (χ1v) is 7.09. The number of hydrogen-bond acceptors (Lipinski definition) is 4. The van der Waals surface area contributed by atoms with Gasteiger partial charge in [0, 0.05) is 0 Å². The van der Waals surface area contributed by atoms with Crippen LogP contribution >= 0.6 is 23.2 Å². The van der Waals surface area contributed by atoms with E-state index in [0.29, 0.717) is 36.8 Å². The maximum Gasteiger partial charge on any atom is 0.162 e. The lowest BCUT2D eigenvalue weighted by Gasteiger charge is -2.22. The van der Waals surface area contributed by atoms with Crippen LogP contribution in [0.2, 0.25) is 10.3 Å². The molecule has 21 heavy (non-hydrogen) atoms. The molecule has 1 atom stereocenters. The van der Waals surface area contributed by atoms with Crippen molar-refractivity contribution in [2.45, 2.75) is 6.10 Å². The van der Waals surface area contributed by atoms with Gasteiger partial charge in [-0.2, -0.15) is 0 Å². The van der Waals surface area contributed by atoms with Crippen LogP contribution in [0.4, 0.5) is 4.39 Å². The highest BCUT2D eigenvalue weighted by atomic mass is 35.5. The Morgan fingerprint density at radius 2 is 1.90 bits per heavy atom. The molecule has 0 aliphatic carbocycles.